The molecule has 0 nitrogen and oxygen atoms in total. The number of alkyl halides is 17. The zero-order valence-electron chi connectivity index (χ0n) is 83.9. The van der Waals surface area contributed by atoms with E-state index < -0.39 is 42.0 Å². The number of rotatable bonds is 16. The van der Waals surface area contributed by atoms with Crippen LogP contribution in [0.25, 0.3) is 178 Å². The van der Waals surface area contributed by atoms with Gasteiger partial charge in [-0.2, -0.15) is 65.9 Å². The van der Waals surface area contributed by atoms with Gasteiger partial charge in [0.2, 0.25) is 0 Å². The topological polar surface area (TPSA) is 0 Å². The Morgan fingerprint density at radius 1 is 0.143 bits per heavy atom. The third kappa shape index (κ3) is 30.9. The lowest BCUT2D eigenvalue weighted by molar-refractivity contribution is -0.138. The van der Waals surface area contributed by atoms with Crippen LogP contribution in [-0.4, -0.2) is 32.9 Å². The van der Waals surface area contributed by atoms with Crippen LogP contribution in [0, 0.1) is 39.3 Å². The molecule has 0 saturated heterocycles. The Morgan fingerprint density at radius 2 is 0.259 bits per heavy atom. The molecule has 0 bridgehead atoms. The molecule has 18 aromatic rings. The molecule has 0 aliphatic heterocycles. The maximum absolute atomic E-state index is 14.3. The molecule has 0 spiro atoms. The molecular weight excluding hydrogens is 1900 g/mol. The van der Waals surface area contributed by atoms with E-state index in [1.807, 2.05) is 163 Å². The van der Waals surface area contributed by atoms with Gasteiger partial charge in [0.25, 0.3) is 0 Å². The second-order valence-corrected chi connectivity index (χ2v) is 33.1. The summed E-state index contributed by atoms with van der Waals surface area (Å²) < 4.78 is 225. The molecule has 0 amide bonds. The lowest BCUT2D eigenvalue weighted by atomic mass is 9.74. The van der Waals surface area contributed by atoms with E-state index in [9.17, 15) is 83.4 Å². The Bertz CT molecular complexity index is 6480. The maximum Gasteiger partial charge on any atom is 0.416 e. The lowest BCUT2D eigenvalue weighted by Gasteiger charge is -2.29. The van der Waals surface area contributed by atoms with Gasteiger partial charge >= 0.3 is 30.9 Å². The van der Waals surface area contributed by atoms with Gasteiger partial charge in [-0.1, -0.05) is 418 Å². The average molecular weight is 2010 g/mol. The van der Waals surface area contributed by atoms with E-state index in [1.54, 1.807) is 26.0 Å². The highest BCUT2D eigenvalue weighted by molar-refractivity contribution is 6.17. The number of hydrogen-bond donors (Lipinski definition) is 0. The lowest BCUT2D eigenvalue weighted by Crippen LogP contribution is -2.07. The fourth-order valence-corrected chi connectivity index (χ4v) is 17.0. The third-order valence-electron chi connectivity index (χ3n) is 22.9. The molecule has 19 heteroatoms. The summed E-state index contributed by atoms with van der Waals surface area (Å²) in [5.74, 6) is -0.467. The Hall–Kier alpha value is -15.4. The monoisotopic (exact) mass is 2010 g/mol. The van der Waals surface area contributed by atoms with E-state index in [1.165, 1.54) is 50.2 Å². The predicted octanol–water partition coefficient (Wildman–Crippen LogP) is 42.6. The summed E-state index contributed by atoms with van der Waals surface area (Å²) in [6, 6.07) is 136. The molecule has 0 unspecified atom stereocenters. The van der Waals surface area contributed by atoms with Gasteiger partial charge in [-0.3, -0.25) is 8.78 Å². The second kappa shape index (κ2) is 53.5. The number of halogens is 19. The molecule has 758 valence electrons. The Balaban J connectivity index is 0.000000267. The van der Waals surface area contributed by atoms with Crippen molar-refractivity contribution in [1.29, 1.82) is 0 Å². The molecule has 0 aromatic heterocycles. The highest BCUT2D eigenvalue weighted by atomic mass is 19.4. The van der Waals surface area contributed by atoms with Gasteiger partial charge in [-0.05, 0) is 264 Å². The molecule has 0 aliphatic carbocycles. The first-order valence-electron chi connectivity index (χ1n) is 47.5. The average Bonchev–Trinajstić information content (AvgIpc) is 0.717. The van der Waals surface area contributed by atoms with Crippen molar-refractivity contribution >= 4 is 0 Å². The molecule has 0 atom stereocenters. The van der Waals surface area contributed by atoms with Crippen LogP contribution >= 0.6 is 0 Å². The molecule has 0 fully saturated rings. The summed E-state index contributed by atoms with van der Waals surface area (Å²) in [6.07, 6.45) is -20.9. The van der Waals surface area contributed by atoms with Gasteiger partial charge in [0.05, 0.1) is 25.5 Å². The standard InChI is InChI=1S/2C57H40F4.3C2H3F3.3C2H6.2CH3F/c2*1-37-23-24-48(36-49(37)57(59,60)61)40-27-31-46(32-28-40)56-53(43-19-11-5-12-20-43)51(41-15-7-3-8-16-41)55(45-29-25-39(26-30-45)47-33-34-50(58)38(2)35-47)52(42-17-9-4-10-18-42)54(56)44-21-13-6-14-22-44;3*1-2(3,4)5;5*1-2/h2*3-36H,1-2H3;3*1H3;3*1-2H3;2*1H3. The van der Waals surface area contributed by atoms with E-state index >= 15 is 0 Å². The number of aryl methyl sites for hydroxylation is 4. The summed E-state index contributed by atoms with van der Waals surface area (Å²) in [7, 11) is 1.00. The highest BCUT2D eigenvalue weighted by Gasteiger charge is 2.36. The van der Waals surface area contributed by atoms with E-state index in [2.05, 4.69) is 243 Å². The van der Waals surface area contributed by atoms with Gasteiger partial charge < -0.3 is 0 Å². The molecule has 0 radical (unpaired) electrons. The first-order valence-corrected chi connectivity index (χ1v) is 47.5. The first-order chi connectivity index (χ1) is 70.3. The quantitative estimate of drug-likeness (QED) is 0.0846. The van der Waals surface area contributed by atoms with E-state index in [4.69, 9.17) is 0 Å². The van der Waals surface area contributed by atoms with Crippen LogP contribution in [0.1, 0.15) is 95.7 Å². The highest BCUT2D eigenvalue weighted by Crippen LogP contribution is 2.59. The minimum Gasteiger partial charge on any atom is -0.255 e. The van der Waals surface area contributed by atoms with Crippen molar-refractivity contribution in [2.45, 2.75) is 121 Å². The van der Waals surface area contributed by atoms with Crippen molar-refractivity contribution in [3.05, 3.63) is 458 Å². The Labute approximate surface area is 849 Å². The van der Waals surface area contributed by atoms with Crippen molar-refractivity contribution in [2.75, 3.05) is 14.4 Å². The summed E-state index contributed by atoms with van der Waals surface area (Å²) in [5, 5.41) is 0. The van der Waals surface area contributed by atoms with Crippen molar-refractivity contribution < 1.29 is 83.4 Å². The third-order valence-corrected chi connectivity index (χ3v) is 22.9. The zero-order valence-corrected chi connectivity index (χ0v) is 83.9. The van der Waals surface area contributed by atoms with Crippen molar-refractivity contribution in [3.8, 4) is 178 Å². The van der Waals surface area contributed by atoms with Crippen LogP contribution in [0.4, 0.5) is 83.4 Å². The zero-order chi connectivity index (χ0) is 108. The van der Waals surface area contributed by atoms with Crippen molar-refractivity contribution in [1.82, 2.24) is 0 Å². The van der Waals surface area contributed by atoms with Gasteiger partial charge in [0, 0.05) is 20.8 Å². The van der Waals surface area contributed by atoms with Crippen molar-refractivity contribution in [3.63, 3.8) is 0 Å². The fraction of sp³-hybridized carbons (Fsp3) is 0.156. The van der Waals surface area contributed by atoms with Gasteiger partial charge in [0.15, 0.2) is 0 Å². The number of benzene rings is 18. The van der Waals surface area contributed by atoms with Crippen molar-refractivity contribution in [2.24, 2.45) is 0 Å². The van der Waals surface area contributed by atoms with Gasteiger partial charge in [-0.25, -0.2) is 8.78 Å². The molecule has 18 rings (SSSR count). The molecule has 0 saturated carbocycles. The van der Waals surface area contributed by atoms with E-state index in [-0.39, 0.29) is 43.5 Å². The second-order valence-electron chi connectivity index (χ2n) is 33.1. The Morgan fingerprint density at radius 3 is 0.395 bits per heavy atom. The summed E-state index contributed by atoms with van der Waals surface area (Å²) in [4.78, 5) is 0. The smallest absolute Gasteiger partial charge is 0.255 e. The minimum absolute atomic E-state index is 0.188. The summed E-state index contributed by atoms with van der Waals surface area (Å²) in [6.45, 7) is 19.1. The SMILES string of the molecule is CC.CC.CC.CC(F)(F)F.CC(F)(F)F.CC(F)(F)F.CF.CF.Cc1cc(-c2ccc(-c3c(-c4ccccc4)c(-c4ccccc4)c(-c4ccc(-c5ccc(C)c(C(F)(F)F)c5)cc4)c(-c4ccccc4)c3-c3ccccc3)cc2)ccc1F.Cc1cc(-c2ccc(-c3c(-c4ccccc4)c(-c4ccccc4)c(-c4ccc(-c5ccc(C)c(C(F)(F)F)c5)cc4)c(-c4ccccc4)c3-c3ccccc3)cc2)ccc1F. The molecule has 0 heterocycles. The predicted molar refractivity (Wildman–Crippen MR) is 572 cm³/mol. The normalized spacial score (nSPS) is 10.9. The van der Waals surface area contributed by atoms with E-state index in [0.29, 0.717) is 47.7 Å². The largest absolute Gasteiger partial charge is 0.416 e. The van der Waals surface area contributed by atoms with Crippen LogP contribution in [0.15, 0.2) is 413 Å². The first kappa shape index (κ1) is 115. The fourth-order valence-electron chi connectivity index (χ4n) is 17.0. The molecule has 147 heavy (non-hydrogen) atoms. The van der Waals surface area contributed by atoms with Crippen LogP contribution in [0.3, 0.4) is 0 Å². The molecule has 18 aromatic carbocycles. The van der Waals surface area contributed by atoms with Crippen LogP contribution in [-0.2, 0) is 12.4 Å². The van der Waals surface area contributed by atoms with Gasteiger partial charge in [0.1, 0.15) is 11.6 Å². The summed E-state index contributed by atoms with van der Waals surface area (Å²) >= 11 is 0. The minimum atomic E-state index is -4.46. The van der Waals surface area contributed by atoms with Crippen LogP contribution in [0.5, 0.6) is 0 Å². The van der Waals surface area contributed by atoms with Crippen LogP contribution < -0.4 is 0 Å². The number of hydrogen-bond acceptors (Lipinski definition) is 0. The molecule has 0 aliphatic rings. The summed E-state index contributed by atoms with van der Waals surface area (Å²) in [5.41, 5.74) is 31.0. The van der Waals surface area contributed by atoms with Crippen LogP contribution in [0.2, 0.25) is 0 Å². The molecule has 0 N–H and O–H groups in total. The maximum atomic E-state index is 14.3. The Kier molecular flexibility index (Phi) is 41.9. The van der Waals surface area contributed by atoms with E-state index in [0.717, 1.165) is 156 Å². The molecular formula is C128H113F19. The van der Waals surface area contributed by atoms with Gasteiger partial charge in [-0.15, -0.1) is 0 Å².